The standard InChI is InChI=1S/C22H31N3O3/c1-2-3-4-16-5-7-18(8-6-16)22(26)25-12-9-17(10-13-25)20-23-24-21(28-20)19-11-14-27-15-19/h11,14-18H,2-10,12-13H2,1H3. The number of unbranched alkanes of at least 4 members (excludes halogenated alkanes) is 1. The van der Waals surface area contributed by atoms with Crippen LogP contribution >= 0.6 is 0 Å². The Morgan fingerprint density at radius 1 is 1.14 bits per heavy atom. The van der Waals surface area contributed by atoms with Gasteiger partial charge >= 0.3 is 0 Å². The molecule has 1 saturated heterocycles. The van der Waals surface area contributed by atoms with Crippen molar-refractivity contribution in [2.24, 2.45) is 11.8 Å². The van der Waals surface area contributed by atoms with Crippen molar-refractivity contribution in [2.75, 3.05) is 13.1 Å². The maximum Gasteiger partial charge on any atom is 0.250 e. The number of carbonyl (C=O) groups is 1. The molecule has 2 aromatic heterocycles. The molecule has 1 aliphatic carbocycles. The molecule has 6 nitrogen and oxygen atoms in total. The summed E-state index contributed by atoms with van der Waals surface area (Å²) < 4.78 is 10.9. The highest BCUT2D eigenvalue weighted by Crippen LogP contribution is 2.35. The molecular weight excluding hydrogens is 354 g/mol. The van der Waals surface area contributed by atoms with Gasteiger partial charge in [-0.2, -0.15) is 0 Å². The second-order valence-electron chi connectivity index (χ2n) is 8.42. The predicted octanol–water partition coefficient (Wildman–Crippen LogP) is 5.03. The summed E-state index contributed by atoms with van der Waals surface area (Å²) in [6, 6.07) is 1.82. The van der Waals surface area contributed by atoms with Crippen molar-refractivity contribution < 1.29 is 13.6 Å². The largest absolute Gasteiger partial charge is 0.472 e. The molecule has 28 heavy (non-hydrogen) atoms. The summed E-state index contributed by atoms with van der Waals surface area (Å²) in [5, 5.41) is 8.36. The molecule has 0 atom stereocenters. The van der Waals surface area contributed by atoms with Crippen molar-refractivity contribution in [3.63, 3.8) is 0 Å². The van der Waals surface area contributed by atoms with Crippen LogP contribution in [0.25, 0.3) is 11.5 Å². The topological polar surface area (TPSA) is 72.4 Å². The Morgan fingerprint density at radius 3 is 2.61 bits per heavy atom. The molecule has 6 heteroatoms. The number of piperidine rings is 1. The van der Waals surface area contributed by atoms with Crippen LogP contribution in [0.4, 0.5) is 0 Å². The lowest BCUT2D eigenvalue weighted by atomic mass is 9.79. The van der Waals surface area contributed by atoms with E-state index in [-0.39, 0.29) is 11.8 Å². The first kappa shape index (κ1) is 19.2. The lowest BCUT2D eigenvalue weighted by Crippen LogP contribution is -2.42. The normalized spacial score (nSPS) is 23.8. The Hall–Kier alpha value is -2.11. The first-order valence-corrected chi connectivity index (χ1v) is 10.9. The SMILES string of the molecule is CCCCC1CCC(C(=O)N2CCC(c3nnc(-c4ccoc4)o3)CC2)CC1. The number of likely N-dealkylation sites (tertiary alicyclic amines) is 1. The van der Waals surface area contributed by atoms with Crippen LogP contribution in [0.1, 0.15) is 76.5 Å². The quantitative estimate of drug-likeness (QED) is 0.697. The average molecular weight is 386 g/mol. The minimum atomic E-state index is 0.238. The molecular formula is C22H31N3O3. The molecule has 2 aromatic rings. The fraction of sp³-hybridized carbons (Fsp3) is 0.682. The number of hydrogen-bond donors (Lipinski definition) is 0. The van der Waals surface area contributed by atoms with Gasteiger partial charge in [0.2, 0.25) is 11.8 Å². The van der Waals surface area contributed by atoms with Gasteiger partial charge in [0.15, 0.2) is 0 Å². The monoisotopic (exact) mass is 385 g/mol. The highest BCUT2D eigenvalue weighted by Gasteiger charge is 2.33. The Labute approximate surface area is 166 Å². The van der Waals surface area contributed by atoms with Crippen LogP contribution in [-0.2, 0) is 4.79 Å². The smallest absolute Gasteiger partial charge is 0.250 e. The van der Waals surface area contributed by atoms with E-state index in [2.05, 4.69) is 22.0 Å². The van der Waals surface area contributed by atoms with Gasteiger partial charge in [-0.05, 0) is 50.5 Å². The van der Waals surface area contributed by atoms with Gasteiger partial charge in [-0.25, -0.2) is 0 Å². The van der Waals surface area contributed by atoms with Crippen molar-refractivity contribution in [1.82, 2.24) is 15.1 Å². The van der Waals surface area contributed by atoms with E-state index < -0.39 is 0 Å². The first-order valence-electron chi connectivity index (χ1n) is 10.9. The van der Waals surface area contributed by atoms with E-state index in [1.165, 1.54) is 32.1 Å². The molecule has 2 aliphatic rings. The minimum Gasteiger partial charge on any atom is -0.472 e. The van der Waals surface area contributed by atoms with E-state index in [1.54, 1.807) is 12.5 Å². The van der Waals surface area contributed by atoms with E-state index in [4.69, 9.17) is 8.83 Å². The van der Waals surface area contributed by atoms with E-state index in [9.17, 15) is 4.79 Å². The van der Waals surface area contributed by atoms with E-state index in [1.807, 2.05) is 6.07 Å². The van der Waals surface area contributed by atoms with E-state index >= 15 is 0 Å². The zero-order valence-corrected chi connectivity index (χ0v) is 16.8. The van der Waals surface area contributed by atoms with E-state index in [0.717, 1.165) is 50.3 Å². The Balaban J connectivity index is 1.26. The number of nitrogens with zero attached hydrogens (tertiary/aromatic N) is 3. The predicted molar refractivity (Wildman–Crippen MR) is 106 cm³/mol. The fourth-order valence-electron chi connectivity index (χ4n) is 4.70. The van der Waals surface area contributed by atoms with Gasteiger partial charge in [-0.1, -0.05) is 26.2 Å². The summed E-state index contributed by atoms with van der Waals surface area (Å²) >= 11 is 0. The molecule has 0 spiro atoms. The Bertz CT molecular complexity index is 739. The van der Waals surface area contributed by atoms with Crippen LogP contribution in [0.3, 0.4) is 0 Å². The number of rotatable bonds is 6. The van der Waals surface area contributed by atoms with Crippen LogP contribution in [0.5, 0.6) is 0 Å². The highest BCUT2D eigenvalue weighted by atomic mass is 16.4. The number of carbonyl (C=O) groups excluding carboxylic acids is 1. The Kier molecular flexibility index (Phi) is 6.13. The summed E-state index contributed by atoms with van der Waals surface area (Å²) in [5.74, 6) is 2.88. The fourth-order valence-corrected chi connectivity index (χ4v) is 4.70. The number of hydrogen-bond acceptors (Lipinski definition) is 5. The first-order chi connectivity index (χ1) is 13.7. The second-order valence-corrected chi connectivity index (χ2v) is 8.42. The van der Waals surface area contributed by atoms with Crippen molar-refractivity contribution in [2.45, 2.75) is 70.6 Å². The van der Waals surface area contributed by atoms with Gasteiger partial charge in [0, 0.05) is 24.9 Å². The molecule has 0 unspecified atom stereocenters. The Morgan fingerprint density at radius 2 is 1.93 bits per heavy atom. The molecule has 0 aromatic carbocycles. The van der Waals surface area contributed by atoms with Gasteiger partial charge in [0.25, 0.3) is 5.89 Å². The average Bonchev–Trinajstić information content (AvgIpc) is 3.44. The van der Waals surface area contributed by atoms with Crippen LogP contribution in [0.15, 0.2) is 27.4 Å². The number of amides is 1. The molecule has 0 radical (unpaired) electrons. The van der Waals surface area contributed by atoms with Crippen molar-refractivity contribution in [3.8, 4) is 11.5 Å². The van der Waals surface area contributed by atoms with Crippen molar-refractivity contribution in [1.29, 1.82) is 0 Å². The number of furan rings is 1. The summed E-state index contributed by atoms with van der Waals surface area (Å²) in [4.78, 5) is 15.0. The molecule has 3 heterocycles. The summed E-state index contributed by atoms with van der Waals surface area (Å²) in [5.41, 5.74) is 0.806. The number of aromatic nitrogens is 2. The summed E-state index contributed by atoms with van der Waals surface area (Å²) in [6.45, 7) is 3.84. The van der Waals surface area contributed by atoms with Gasteiger partial charge in [0.05, 0.1) is 11.8 Å². The van der Waals surface area contributed by atoms with Crippen LogP contribution < -0.4 is 0 Å². The molecule has 1 saturated carbocycles. The van der Waals surface area contributed by atoms with Crippen LogP contribution in [0.2, 0.25) is 0 Å². The van der Waals surface area contributed by atoms with Crippen LogP contribution in [0, 0.1) is 11.8 Å². The molecule has 152 valence electrons. The van der Waals surface area contributed by atoms with Crippen LogP contribution in [-0.4, -0.2) is 34.1 Å². The third-order valence-corrected chi connectivity index (χ3v) is 6.53. The summed E-state index contributed by atoms with van der Waals surface area (Å²) in [7, 11) is 0. The molecule has 0 bridgehead atoms. The zero-order chi connectivity index (χ0) is 19.3. The maximum absolute atomic E-state index is 12.9. The van der Waals surface area contributed by atoms with Gasteiger partial charge in [-0.15, -0.1) is 10.2 Å². The van der Waals surface area contributed by atoms with E-state index in [0.29, 0.717) is 17.7 Å². The van der Waals surface area contributed by atoms with Gasteiger partial charge < -0.3 is 13.7 Å². The maximum atomic E-state index is 12.9. The molecule has 1 aliphatic heterocycles. The van der Waals surface area contributed by atoms with Crippen molar-refractivity contribution >= 4 is 5.91 Å². The molecule has 1 amide bonds. The molecule has 4 rings (SSSR count). The second kappa shape index (κ2) is 8.93. The summed E-state index contributed by atoms with van der Waals surface area (Å²) in [6.07, 6.45) is 13.5. The lowest BCUT2D eigenvalue weighted by molar-refractivity contribution is -0.138. The third kappa shape index (κ3) is 4.31. The van der Waals surface area contributed by atoms with Gasteiger partial charge in [0.1, 0.15) is 6.26 Å². The van der Waals surface area contributed by atoms with Crippen molar-refractivity contribution in [3.05, 3.63) is 24.5 Å². The zero-order valence-electron chi connectivity index (χ0n) is 16.8. The minimum absolute atomic E-state index is 0.238. The lowest BCUT2D eigenvalue weighted by Gasteiger charge is -2.35. The molecule has 0 N–H and O–H groups in total. The van der Waals surface area contributed by atoms with Gasteiger partial charge in [-0.3, -0.25) is 4.79 Å². The third-order valence-electron chi connectivity index (χ3n) is 6.53. The molecule has 2 fully saturated rings. The highest BCUT2D eigenvalue weighted by molar-refractivity contribution is 5.79.